The summed E-state index contributed by atoms with van der Waals surface area (Å²) in [4.78, 5) is 10.3. The van der Waals surface area contributed by atoms with Crippen molar-refractivity contribution in [1.82, 2.24) is 9.97 Å². The van der Waals surface area contributed by atoms with E-state index in [0.29, 0.717) is 5.92 Å². The second kappa shape index (κ2) is 4.55. The highest BCUT2D eigenvalue weighted by Gasteiger charge is 2.28. The molecule has 16 heavy (non-hydrogen) atoms. The van der Waals surface area contributed by atoms with Gasteiger partial charge in [-0.3, -0.25) is 0 Å². The average molecular weight is 242 g/mol. The highest BCUT2D eigenvalue weighted by molar-refractivity contribution is 6.28. The van der Waals surface area contributed by atoms with Gasteiger partial charge in [-0.1, -0.05) is 0 Å². The Balaban J connectivity index is 2.00. The van der Waals surface area contributed by atoms with Crippen LogP contribution in [0.15, 0.2) is 6.07 Å². The van der Waals surface area contributed by atoms with Crippen molar-refractivity contribution < 1.29 is 5.11 Å². The second-order valence-corrected chi connectivity index (χ2v) is 4.85. The molecule has 0 saturated heterocycles. The number of aliphatic hydroxyl groups is 1. The Morgan fingerprint density at radius 1 is 1.50 bits per heavy atom. The maximum Gasteiger partial charge on any atom is 0.224 e. The summed E-state index contributed by atoms with van der Waals surface area (Å²) in [6, 6.07) is 1.92. The predicted octanol–water partition coefficient (Wildman–Crippen LogP) is 1.65. The van der Waals surface area contributed by atoms with Gasteiger partial charge in [0, 0.05) is 25.4 Å². The van der Waals surface area contributed by atoms with Gasteiger partial charge in [0.2, 0.25) is 5.28 Å². The topological polar surface area (TPSA) is 49.2 Å². The van der Waals surface area contributed by atoms with Crippen LogP contribution in [0.25, 0.3) is 0 Å². The molecule has 5 heteroatoms. The smallest absolute Gasteiger partial charge is 0.224 e. The molecular formula is C11H16ClN3O. The summed E-state index contributed by atoms with van der Waals surface area (Å²) in [6.07, 6.45) is 1.68. The molecule has 1 heterocycles. The lowest BCUT2D eigenvalue weighted by Crippen LogP contribution is -2.37. The molecule has 1 N–H and O–H groups in total. The third kappa shape index (κ3) is 2.62. The summed E-state index contributed by atoms with van der Waals surface area (Å²) >= 11 is 5.81. The number of halogens is 1. The lowest BCUT2D eigenvalue weighted by atomic mass is 9.82. The molecule has 1 aliphatic rings. The van der Waals surface area contributed by atoms with Crippen LogP contribution in [0.3, 0.4) is 0 Å². The largest absolute Gasteiger partial charge is 0.393 e. The second-order valence-electron chi connectivity index (χ2n) is 4.51. The van der Waals surface area contributed by atoms with Crippen molar-refractivity contribution in [2.24, 2.45) is 5.92 Å². The van der Waals surface area contributed by atoms with Gasteiger partial charge in [0.15, 0.2) is 0 Å². The molecule has 0 aliphatic heterocycles. The van der Waals surface area contributed by atoms with Crippen LogP contribution < -0.4 is 4.90 Å². The summed E-state index contributed by atoms with van der Waals surface area (Å²) in [7, 11) is 1.99. The van der Waals surface area contributed by atoms with Crippen molar-refractivity contribution in [2.45, 2.75) is 25.9 Å². The number of rotatable bonds is 3. The fourth-order valence-corrected chi connectivity index (χ4v) is 2.26. The Morgan fingerprint density at radius 3 is 2.75 bits per heavy atom. The number of nitrogens with zero attached hydrogens (tertiary/aromatic N) is 3. The van der Waals surface area contributed by atoms with Crippen LogP contribution in [0.4, 0.5) is 5.82 Å². The van der Waals surface area contributed by atoms with E-state index in [4.69, 9.17) is 11.6 Å². The van der Waals surface area contributed by atoms with Crippen molar-refractivity contribution in [3.8, 4) is 0 Å². The van der Waals surface area contributed by atoms with E-state index in [1.54, 1.807) is 0 Å². The Hall–Kier alpha value is -0.870. The van der Waals surface area contributed by atoms with E-state index >= 15 is 0 Å². The van der Waals surface area contributed by atoms with Crippen LogP contribution in [0.5, 0.6) is 0 Å². The van der Waals surface area contributed by atoms with Gasteiger partial charge < -0.3 is 10.0 Å². The normalized spacial score (nSPS) is 24.0. The summed E-state index contributed by atoms with van der Waals surface area (Å²) < 4.78 is 0. The zero-order valence-electron chi connectivity index (χ0n) is 9.52. The first kappa shape index (κ1) is 11.6. The van der Waals surface area contributed by atoms with Gasteiger partial charge in [-0.2, -0.15) is 0 Å². The Kier molecular flexibility index (Phi) is 3.30. The van der Waals surface area contributed by atoms with Gasteiger partial charge >= 0.3 is 0 Å². The van der Waals surface area contributed by atoms with Crippen molar-refractivity contribution in [3.05, 3.63) is 17.0 Å². The number of aromatic nitrogens is 2. The fraction of sp³-hybridized carbons (Fsp3) is 0.636. The molecular weight excluding hydrogens is 226 g/mol. The van der Waals surface area contributed by atoms with Crippen LogP contribution in [-0.4, -0.2) is 34.8 Å². The van der Waals surface area contributed by atoms with Crippen LogP contribution in [0.1, 0.15) is 18.5 Å². The van der Waals surface area contributed by atoms with E-state index in [1.807, 2.05) is 20.0 Å². The highest BCUT2D eigenvalue weighted by Crippen LogP contribution is 2.28. The number of aryl methyl sites for hydroxylation is 1. The summed E-state index contributed by atoms with van der Waals surface area (Å²) in [6.45, 7) is 2.81. The third-order valence-electron chi connectivity index (χ3n) is 2.95. The maximum absolute atomic E-state index is 9.22. The van der Waals surface area contributed by atoms with Crippen LogP contribution in [0, 0.1) is 12.8 Å². The van der Waals surface area contributed by atoms with Crippen molar-refractivity contribution >= 4 is 17.4 Å². The van der Waals surface area contributed by atoms with Crippen LogP contribution in [0.2, 0.25) is 5.28 Å². The lowest BCUT2D eigenvalue weighted by molar-refractivity contribution is 0.0464. The SMILES string of the molecule is Cc1cc(N(C)CC2CC(O)C2)nc(Cl)n1. The molecule has 0 amide bonds. The minimum absolute atomic E-state index is 0.103. The van der Waals surface area contributed by atoms with E-state index in [9.17, 15) is 5.11 Å². The van der Waals surface area contributed by atoms with E-state index in [0.717, 1.165) is 30.9 Å². The van der Waals surface area contributed by atoms with Gasteiger partial charge in [0.05, 0.1) is 6.10 Å². The molecule has 2 rings (SSSR count). The molecule has 88 valence electrons. The van der Waals surface area contributed by atoms with Gasteiger partial charge in [0.1, 0.15) is 5.82 Å². The number of hydrogen-bond donors (Lipinski definition) is 1. The molecule has 0 spiro atoms. The molecule has 4 nitrogen and oxygen atoms in total. The molecule has 0 aromatic carbocycles. The molecule has 0 atom stereocenters. The molecule has 0 bridgehead atoms. The molecule has 1 saturated carbocycles. The molecule has 0 unspecified atom stereocenters. The van der Waals surface area contributed by atoms with E-state index < -0.39 is 0 Å². The maximum atomic E-state index is 9.22. The molecule has 1 aromatic rings. The summed E-state index contributed by atoms with van der Waals surface area (Å²) in [5.74, 6) is 1.41. The standard InChI is InChI=1S/C11H16ClN3O/c1-7-3-10(14-11(12)13-7)15(2)6-8-4-9(16)5-8/h3,8-9,16H,4-6H2,1-2H3. The zero-order chi connectivity index (χ0) is 11.7. The minimum Gasteiger partial charge on any atom is -0.393 e. The minimum atomic E-state index is -0.103. The lowest BCUT2D eigenvalue weighted by Gasteiger charge is -2.34. The van der Waals surface area contributed by atoms with Crippen molar-refractivity contribution in [3.63, 3.8) is 0 Å². The zero-order valence-corrected chi connectivity index (χ0v) is 10.3. The van der Waals surface area contributed by atoms with E-state index in [1.165, 1.54) is 0 Å². The summed E-state index contributed by atoms with van der Waals surface area (Å²) in [5.41, 5.74) is 0.871. The molecule has 1 aromatic heterocycles. The monoisotopic (exact) mass is 241 g/mol. The van der Waals surface area contributed by atoms with E-state index in [-0.39, 0.29) is 11.4 Å². The van der Waals surface area contributed by atoms with E-state index in [2.05, 4.69) is 14.9 Å². The highest BCUT2D eigenvalue weighted by atomic mass is 35.5. The average Bonchev–Trinajstić information content (AvgIpc) is 2.13. The molecule has 1 aliphatic carbocycles. The van der Waals surface area contributed by atoms with Gasteiger partial charge in [-0.15, -0.1) is 0 Å². The predicted molar refractivity (Wildman–Crippen MR) is 63.8 cm³/mol. The quantitative estimate of drug-likeness (QED) is 0.818. The van der Waals surface area contributed by atoms with Crippen molar-refractivity contribution in [1.29, 1.82) is 0 Å². The Bertz CT molecular complexity index is 359. The van der Waals surface area contributed by atoms with Crippen LogP contribution >= 0.6 is 11.6 Å². The van der Waals surface area contributed by atoms with Gasteiger partial charge in [-0.25, -0.2) is 9.97 Å². The third-order valence-corrected chi connectivity index (χ3v) is 3.12. The first-order valence-corrected chi connectivity index (χ1v) is 5.83. The summed E-state index contributed by atoms with van der Waals surface area (Å²) in [5, 5.41) is 9.51. The van der Waals surface area contributed by atoms with Crippen LogP contribution in [-0.2, 0) is 0 Å². The number of anilines is 1. The fourth-order valence-electron chi connectivity index (χ4n) is 2.04. The van der Waals surface area contributed by atoms with Crippen molar-refractivity contribution in [2.75, 3.05) is 18.5 Å². The number of hydrogen-bond acceptors (Lipinski definition) is 4. The first-order chi connectivity index (χ1) is 7.54. The molecule has 1 fully saturated rings. The number of aliphatic hydroxyl groups excluding tert-OH is 1. The Morgan fingerprint density at radius 2 is 2.19 bits per heavy atom. The van der Waals surface area contributed by atoms with Gasteiger partial charge in [0.25, 0.3) is 0 Å². The first-order valence-electron chi connectivity index (χ1n) is 5.45. The molecule has 0 radical (unpaired) electrons. The Labute approximate surface area is 100 Å². The van der Waals surface area contributed by atoms with Gasteiger partial charge in [-0.05, 0) is 37.3 Å².